The van der Waals surface area contributed by atoms with Crippen molar-refractivity contribution in [3.8, 4) is 0 Å². The van der Waals surface area contributed by atoms with E-state index in [4.69, 9.17) is 16.3 Å². The molecule has 0 heterocycles. The Hall–Kier alpha value is -2.18. The number of anilines is 1. The lowest BCUT2D eigenvalue weighted by Crippen LogP contribution is -2.41. The van der Waals surface area contributed by atoms with E-state index in [1.165, 1.54) is 18.2 Å². The Morgan fingerprint density at radius 1 is 1.07 bits per heavy atom. The van der Waals surface area contributed by atoms with E-state index in [0.29, 0.717) is 10.7 Å². The molecule has 0 saturated heterocycles. The summed E-state index contributed by atoms with van der Waals surface area (Å²) in [5.41, 5.74) is 0.586. The summed E-state index contributed by atoms with van der Waals surface area (Å²) in [6.07, 6.45) is 2.86. The molecule has 0 unspecified atom stereocenters. The first-order valence-corrected chi connectivity index (χ1v) is 9.26. The van der Waals surface area contributed by atoms with Gasteiger partial charge in [0.15, 0.2) is 0 Å². The fourth-order valence-corrected chi connectivity index (χ4v) is 3.35. The van der Waals surface area contributed by atoms with Gasteiger partial charge in [-0.1, -0.05) is 23.7 Å². The minimum absolute atomic E-state index is 0.0363. The predicted molar refractivity (Wildman–Crippen MR) is 101 cm³/mol. The smallest absolute Gasteiger partial charge is 0.319 e. The third-order valence-electron chi connectivity index (χ3n) is 4.62. The van der Waals surface area contributed by atoms with E-state index in [9.17, 15) is 13.6 Å². The van der Waals surface area contributed by atoms with Crippen molar-refractivity contribution in [3.05, 3.63) is 64.7 Å². The van der Waals surface area contributed by atoms with E-state index in [1.54, 1.807) is 24.3 Å². The number of hydrogen-bond donors (Lipinski definition) is 2. The summed E-state index contributed by atoms with van der Waals surface area (Å²) >= 11 is 5.90. The molecule has 27 heavy (non-hydrogen) atoms. The SMILES string of the molecule is O=C(Nc1cccc(Cl)c1)N[C@H]1CC[C@H](OCc2c(F)cccc2F)CC1. The molecule has 2 amide bonds. The van der Waals surface area contributed by atoms with Crippen LogP contribution in [0.25, 0.3) is 0 Å². The highest BCUT2D eigenvalue weighted by Crippen LogP contribution is 2.24. The molecule has 2 aromatic rings. The third kappa shape index (κ3) is 5.65. The van der Waals surface area contributed by atoms with E-state index >= 15 is 0 Å². The summed E-state index contributed by atoms with van der Waals surface area (Å²) in [5.74, 6) is -1.19. The minimum Gasteiger partial charge on any atom is -0.373 e. The molecule has 2 aromatic carbocycles. The summed E-state index contributed by atoms with van der Waals surface area (Å²) in [4.78, 5) is 12.1. The quantitative estimate of drug-likeness (QED) is 0.726. The molecule has 0 aromatic heterocycles. The Morgan fingerprint density at radius 3 is 2.41 bits per heavy atom. The van der Waals surface area contributed by atoms with Crippen LogP contribution in [0.2, 0.25) is 5.02 Å². The monoisotopic (exact) mass is 394 g/mol. The van der Waals surface area contributed by atoms with E-state index in [1.807, 2.05) is 0 Å². The van der Waals surface area contributed by atoms with Crippen molar-refractivity contribution in [1.82, 2.24) is 5.32 Å². The first kappa shape index (κ1) is 19.6. The largest absolute Gasteiger partial charge is 0.373 e. The van der Waals surface area contributed by atoms with Crippen LogP contribution in [-0.2, 0) is 11.3 Å². The van der Waals surface area contributed by atoms with Gasteiger partial charge in [-0.3, -0.25) is 0 Å². The first-order chi connectivity index (χ1) is 13.0. The number of rotatable bonds is 5. The average molecular weight is 395 g/mol. The zero-order valence-electron chi connectivity index (χ0n) is 14.7. The third-order valence-corrected chi connectivity index (χ3v) is 4.85. The summed E-state index contributed by atoms with van der Waals surface area (Å²) in [6, 6.07) is 10.5. The number of halogens is 3. The number of urea groups is 1. The molecule has 3 rings (SSSR count). The van der Waals surface area contributed by atoms with Crippen LogP contribution in [0.3, 0.4) is 0 Å². The lowest BCUT2D eigenvalue weighted by Gasteiger charge is -2.29. The summed E-state index contributed by atoms with van der Waals surface area (Å²) in [5, 5.41) is 6.23. The Kier molecular flexibility index (Phi) is 6.63. The first-order valence-electron chi connectivity index (χ1n) is 8.89. The molecular formula is C20H21ClF2N2O2. The zero-order chi connectivity index (χ0) is 19.2. The maximum Gasteiger partial charge on any atom is 0.319 e. The Bertz CT molecular complexity index is 775. The topological polar surface area (TPSA) is 50.4 Å². The van der Waals surface area contributed by atoms with Gasteiger partial charge < -0.3 is 15.4 Å². The molecule has 0 radical (unpaired) electrons. The molecular weight excluding hydrogens is 374 g/mol. The number of hydrogen-bond acceptors (Lipinski definition) is 2. The lowest BCUT2D eigenvalue weighted by molar-refractivity contribution is 0.00964. The van der Waals surface area contributed by atoms with Crippen molar-refractivity contribution in [3.63, 3.8) is 0 Å². The minimum atomic E-state index is -0.594. The summed E-state index contributed by atoms with van der Waals surface area (Å²) < 4.78 is 32.9. The molecule has 144 valence electrons. The van der Waals surface area contributed by atoms with Crippen molar-refractivity contribution < 1.29 is 18.3 Å². The Labute approximate surface area is 161 Å². The van der Waals surface area contributed by atoms with E-state index in [-0.39, 0.29) is 30.3 Å². The van der Waals surface area contributed by atoms with Gasteiger partial charge in [-0.2, -0.15) is 0 Å². The van der Waals surface area contributed by atoms with Gasteiger partial charge in [0.05, 0.1) is 12.7 Å². The van der Waals surface area contributed by atoms with Crippen LogP contribution in [0, 0.1) is 11.6 Å². The van der Waals surface area contributed by atoms with Gasteiger partial charge >= 0.3 is 6.03 Å². The second-order valence-corrected chi connectivity index (χ2v) is 7.03. The molecule has 1 fully saturated rings. The number of benzene rings is 2. The molecule has 0 atom stereocenters. The molecule has 0 aliphatic heterocycles. The van der Waals surface area contributed by atoms with Gasteiger partial charge in [0.2, 0.25) is 0 Å². The van der Waals surface area contributed by atoms with Crippen LogP contribution >= 0.6 is 11.6 Å². The van der Waals surface area contributed by atoms with Crippen LogP contribution in [0.15, 0.2) is 42.5 Å². The van der Waals surface area contributed by atoms with Gasteiger partial charge in [0.1, 0.15) is 11.6 Å². The van der Waals surface area contributed by atoms with Crippen LogP contribution in [-0.4, -0.2) is 18.2 Å². The normalized spacial score (nSPS) is 19.5. The molecule has 1 saturated carbocycles. The van der Waals surface area contributed by atoms with Crippen molar-refractivity contribution >= 4 is 23.3 Å². The van der Waals surface area contributed by atoms with Crippen LogP contribution in [0.4, 0.5) is 19.3 Å². The standard InChI is InChI=1S/C20H21ClF2N2O2/c21-13-3-1-4-15(11-13)25-20(26)24-14-7-9-16(10-8-14)27-12-17-18(22)5-2-6-19(17)23/h1-6,11,14,16H,7-10,12H2,(H2,24,25,26)/t14-,16-. The number of nitrogens with one attached hydrogen (secondary N) is 2. The van der Waals surface area contributed by atoms with Crippen molar-refractivity contribution in [2.45, 2.75) is 44.4 Å². The van der Waals surface area contributed by atoms with Gasteiger partial charge in [-0.25, -0.2) is 13.6 Å². The fourth-order valence-electron chi connectivity index (χ4n) is 3.16. The highest BCUT2D eigenvalue weighted by molar-refractivity contribution is 6.30. The molecule has 0 spiro atoms. The van der Waals surface area contributed by atoms with Crippen LogP contribution in [0.5, 0.6) is 0 Å². The number of amides is 2. The molecule has 0 bridgehead atoms. The van der Waals surface area contributed by atoms with Crippen molar-refractivity contribution in [1.29, 1.82) is 0 Å². The number of carbonyl (C=O) groups is 1. The van der Waals surface area contributed by atoms with E-state index in [0.717, 1.165) is 25.7 Å². The summed E-state index contributed by atoms with van der Waals surface area (Å²) in [6.45, 7) is -0.0868. The Morgan fingerprint density at radius 2 is 1.74 bits per heavy atom. The van der Waals surface area contributed by atoms with Crippen LogP contribution in [0.1, 0.15) is 31.2 Å². The second-order valence-electron chi connectivity index (χ2n) is 6.59. The maximum atomic E-state index is 13.6. The van der Waals surface area contributed by atoms with E-state index < -0.39 is 11.6 Å². The second kappa shape index (κ2) is 9.15. The number of ether oxygens (including phenoxy) is 1. The predicted octanol–water partition coefficient (Wildman–Crippen LogP) is 5.27. The highest BCUT2D eigenvalue weighted by atomic mass is 35.5. The number of carbonyl (C=O) groups excluding carboxylic acids is 1. The fraction of sp³-hybridized carbons (Fsp3) is 0.350. The molecule has 7 heteroatoms. The van der Waals surface area contributed by atoms with Gasteiger partial charge in [0.25, 0.3) is 0 Å². The summed E-state index contributed by atoms with van der Waals surface area (Å²) in [7, 11) is 0. The van der Waals surface area contributed by atoms with Gasteiger partial charge in [0, 0.05) is 22.3 Å². The molecule has 1 aliphatic rings. The van der Waals surface area contributed by atoms with Crippen molar-refractivity contribution in [2.75, 3.05) is 5.32 Å². The highest BCUT2D eigenvalue weighted by Gasteiger charge is 2.23. The van der Waals surface area contributed by atoms with Gasteiger partial charge in [-0.05, 0) is 56.0 Å². The molecule has 2 N–H and O–H groups in total. The molecule has 4 nitrogen and oxygen atoms in total. The maximum absolute atomic E-state index is 13.6. The van der Waals surface area contributed by atoms with Gasteiger partial charge in [-0.15, -0.1) is 0 Å². The Balaban J connectivity index is 1.41. The lowest BCUT2D eigenvalue weighted by atomic mass is 9.93. The molecule has 1 aliphatic carbocycles. The van der Waals surface area contributed by atoms with Crippen molar-refractivity contribution in [2.24, 2.45) is 0 Å². The van der Waals surface area contributed by atoms with Crippen LogP contribution < -0.4 is 10.6 Å². The average Bonchev–Trinajstić information content (AvgIpc) is 2.62. The van der Waals surface area contributed by atoms with E-state index in [2.05, 4.69) is 10.6 Å². The zero-order valence-corrected chi connectivity index (χ0v) is 15.4.